The van der Waals surface area contributed by atoms with Crippen molar-refractivity contribution >= 4 is 0 Å². The van der Waals surface area contributed by atoms with Crippen LogP contribution in [0, 0.1) is 0 Å². The third-order valence-electron chi connectivity index (χ3n) is 4.40. The quantitative estimate of drug-likeness (QED) is 0.310. The van der Waals surface area contributed by atoms with Gasteiger partial charge in [-0.15, -0.1) is 0 Å². The normalized spacial score (nSPS) is 14.7. The lowest BCUT2D eigenvalue weighted by Gasteiger charge is -2.22. The third kappa shape index (κ3) is 21.8. The zero-order chi connectivity index (χ0) is 20.2. The number of hydrogen-bond acceptors (Lipinski definition) is 5. The zero-order valence-corrected chi connectivity index (χ0v) is 18.0. The minimum atomic E-state index is -1.02. The van der Waals surface area contributed by atoms with Gasteiger partial charge in [-0.25, -0.2) is 0 Å². The van der Waals surface area contributed by atoms with Crippen LogP contribution < -0.4 is 5.73 Å². The van der Waals surface area contributed by atoms with Crippen LogP contribution >= 0.6 is 0 Å². The molecule has 160 valence electrons. The summed E-state index contributed by atoms with van der Waals surface area (Å²) in [6, 6.07) is -0.743. The Morgan fingerprint density at radius 2 is 1.08 bits per heavy atom. The van der Waals surface area contributed by atoms with E-state index in [0.29, 0.717) is 6.42 Å². The van der Waals surface area contributed by atoms with Crippen LogP contribution in [0.15, 0.2) is 0 Å². The topological polar surface area (TPSA) is 90.0 Å². The van der Waals surface area contributed by atoms with Crippen molar-refractivity contribution in [3.63, 3.8) is 0 Å². The van der Waals surface area contributed by atoms with Crippen molar-refractivity contribution in [2.24, 2.45) is 5.73 Å². The van der Waals surface area contributed by atoms with Crippen LogP contribution in [-0.2, 0) is 0 Å². The first-order chi connectivity index (χ1) is 12.4. The number of unbranched alkanes of at least 4 members (excludes halogenated alkanes) is 11. The molecule has 0 rings (SSSR count). The van der Waals surface area contributed by atoms with Crippen LogP contribution in [0.5, 0.6) is 0 Å². The Morgan fingerprint density at radius 1 is 0.731 bits per heavy atom. The predicted molar refractivity (Wildman–Crippen MR) is 112 cm³/mol. The second-order valence-corrected chi connectivity index (χ2v) is 7.92. The lowest BCUT2D eigenvalue weighted by molar-refractivity contribution is -0.0121. The highest BCUT2D eigenvalue weighted by Crippen LogP contribution is 2.14. The second kappa shape index (κ2) is 21.1. The SMILES string of the molecule is CCCCCCCCCCCCCCC(O)C(O)C(N)CO.CN(C)C. The summed E-state index contributed by atoms with van der Waals surface area (Å²) >= 11 is 0. The van der Waals surface area contributed by atoms with E-state index in [2.05, 4.69) is 6.92 Å². The van der Waals surface area contributed by atoms with Crippen LogP contribution in [-0.4, -0.2) is 66.2 Å². The first kappa shape index (κ1) is 28.0. The maximum Gasteiger partial charge on any atom is 0.0971 e. The standard InChI is InChI=1S/C18H39NO3.C3H9N/c1-2-3-4-5-6-7-8-9-10-11-12-13-14-17(21)18(22)16(19)15-20;1-4(2)3/h16-18,20-22H,2-15,19H2,1H3;1-3H3. The maximum atomic E-state index is 9.74. The third-order valence-corrected chi connectivity index (χ3v) is 4.40. The summed E-state index contributed by atoms with van der Waals surface area (Å²) in [5, 5.41) is 28.2. The van der Waals surface area contributed by atoms with E-state index in [1.54, 1.807) is 0 Å². The van der Waals surface area contributed by atoms with Crippen molar-refractivity contribution in [3.8, 4) is 0 Å². The van der Waals surface area contributed by atoms with Gasteiger partial charge in [0.05, 0.1) is 24.9 Å². The van der Waals surface area contributed by atoms with Gasteiger partial charge in [-0.3, -0.25) is 0 Å². The van der Waals surface area contributed by atoms with E-state index >= 15 is 0 Å². The highest BCUT2D eigenvalue weighted by atomic mass is 16.3. The van der Waals surface area contributed by atoms with Crippen molar-refractivity contribution in [2.75, 3.05) is 27.7 Å². The minimum Gasteiger partial charge on any atom is -0.395 e. The summed E-state index contributed by atoms with van der Waals surface area (Å²) in [6.07, 6.45) is 14.1. The molecule has 0 amide bonds. The van der Waals surface area contributed by atoms with Crippen LogP contribution in [0.1, 0.15) is 90.4 Å². The molecule has 3 unspecified atom stereocenters. The summed E-state index contributed by atoms with van der Waals surface area (Å²) in [5.74, 6) is 0. The average molecular weight is 377 g/mol. The van der Waals surface area contributed by atoms with Gasteiger partial charge >= 0.3 is 0 Å². The predicted octanol–water partition coefficient (Wildman–Crippen LogP) is 3.30. The summed E-state index contributed by atoms with van der Waals surface area (Å²) in [6.45, 7) is 1.96. The van der Waals surface area contributed by atoms with Gasteiger partial charge in [-0.2, -0.15) is 0 Å². The molecule has 0 bridgehead atoms. The molecule has 0 aromatic rings. The molecule has 0 heterocycles. The van der Waals surface area contributed by atoms with Crippen molar-refractivity contribution in [3.05, 3.63) is 0 Å². The molecular formula is C21H48N2O3. The lowest BCUT2D eigenvalue weighted by atomic mass is 10.00. The molecule has 0 saturated heterocycles. The summed E-state index contributed by atoms with van der Waals surface area (Å²) in [7, 11) is 6.00. The Hall–Kier alpha value is -0.200. The molecule has 3 atom stereocenters. The highest BCUT2D eigenvalue weighted by Gasteiger charge is 2.22. The molecule has 5 heteroatoms. The molecule has 0 aliphatic carbocycles. The van der Waals surface area contributed by atoms with Gasteiger partial charge in [-0.05, 0) is 27.6 Å². The van der Waals surface area contributed by atoms with Crippen molar-refractivity contribution in [1.82, 2.24) is 4.90 Å². The fourth-order valence-corrected chi connectivity index (χ4v) is 2.76. The first-order valence-corrected chi connectivity index (χ1v) is 10.7. The van der Waals surface area contributed by atoms with Gasteiger partial charge in [-0.1, -0.05) is 84.0 Å². The van der Waals surface area contributed by atoms with Crippen molar-refractivity contribution in [2.45, 2.75) is 109 Å². The minimum absolute atomic E-state index is 0.295. The Labute approximate surface area is 163 Å². The van der Waals surface area contributed by atoms with Crippen LogP contribution in [0.25, 0.3) is 0 Å². The Kier molecular flexibility index (Phi) is 22.7. The monoisotopic (exact) mass is 376 g/mol. The molecule has 5 N–H and O–H groups in total. The fourth-order valence-electron chi connectivity index (χ4n) is 2.76. The lowest BCUT2D eigenvalue weighted by Crippen LogP contribution is -2.45. The van der Waals surface area contributed by atoms with E-state index in [-0.39, 0.29) is 6.61 Å². The van der Waals surface area contributed by atoms with Crippen LogP contribution in [0.3, 0.4) is 0 Å². The molecule has 0 aliphatic rings. The first-order valence-electron chi connectivity index (χ1n) is 10.7. The molecule has 0 saturated carbocycles. The van der Waals surface area contributed by atoms with E-state index in [1.165, 1.54) is 64.2 Å². The highest BCUT2D eigenvalue weighted by molar-refractivity contribution is 4.77. The molecule has 0 radical (unpaired) electrons. The number of rotatable bonds is 16. The number of hydrogen-bond donors (Lipinski definition) is 4. The van der Waals surface area contributed by atoms with Gasteiger partial charge in [0.15, 0.2) is 0 Å². The molecule has 26 heavy (non-hydrogen) atoms. The van der Waals surface area contributed by atoms with E-state index in [0.717, 1.165) is 12.8 Å². The van der Waals surface area contributed by atoms with Gasteiger partial charge in [0.25, 0.3) is 0 Å². The zero-order valence-electron chi connectivity index (χ0n) is 18.0. The van der Waals surface area contributed by atoms with Crippen molar-refractivity contribution in [1.29, 1.82) is 0 Å². The molecule has 0 spiro atoms. The summed E-state index contributed by atoms with van der Waals surface area (Å²) in [4.78, 5) is 2.00. The number of aliphatic hydroxyl groups is 3. The second-order valence-electron chi connectivity index (χ2n) is 7.92. The van der Waals surface area contributed by atoms with E-state index in [1.807, 2.05) is 26.0 Å². The largest absolute Gasteiger partial charge is 0.395 e. The van der Waals surface area contributed by atoms with E-state index in [4.69, 9.17) is 10.8 Å². The molecule has 0 aromatic heterocycles. The smallest absolute Gasteiger partial charge is 0.0971 e. The van der Waals surface area contributed by atoms with E-state index < -0.39 is 18.2 Å². The van der Waals surface area contributed by atoms with Gasteiger partial charge < -0.3 is 26.0 Å². The molecule has 0 fully saturated rings. The average Bonchev–Trinajstić information content (AvgIpc) is 2.60. The van der Waals surface area contributed by atoms with Gasteiger partial charge in [0.1, 0.15) is 0 Å². The Bertz CT molecular complexity index is 263. The number of nitrogens with two attached hydrogens (primary N) is 1. The maximum absolute atomic E-state index is 9.74. The van der Waals surface area contributed by atoms with Crippen LogP contribution in [0.4, 0.5) is 0 Å². The van der Waals surface area contributed by atoms with Crippen molar-refractivity contribution < 1.29 is 15.3 Å². The summed E-state index contributed by atoms with van der Waals surface area (Å²) in [5.41, 5.74) is 5.49. The number of nitrogens with zero attached hydrogens (tertiary/aromatic N) is 1. The molecule has 0 aliphatic heterocycles. The Morgan fingerprint density at radius 3 is 1.42 bits per heavy atom. The van der Waals surface area contributed by atoms with E-state index in [9.17, 15) is 10.2 Å². The number of aliphatic hydroxyl groups excluding tert-OH is 3. The molecular weight excluding hydrogens is 328 g/mol. The van der Waals surface area contributed by atoms with Gasteiger partial charge in [0, 0.05) is 0 Å². The molecule has 5 nitrogen and oxygen atoms in total. The van der Waals surface area contributed by atoms with Gasteiger partial charge in [0.2, 0.25) is 0 Å². The Balaban J connectivity index is 0. The molecule has 0 aromatic carbocycles. The fraction of sp³-hybridized carbons (Fsp3) is 1.00. The summed E-state index contributed by atoms with van der Waals surface area (Å²) < 4.78 is 0. The van der Waals surface area contributed by atoms with Crippen LogP contribution in [0.2, 0.25) is 0 Å².